The first-order valence-corrected chi connectivity index (χ1v) is 8.72. The molecule has 1 amide bonds. The van der Waals surface area contributed by atoms with Crippen molar-refractivity contribution >= 4 is 11.7 Å². The van der Waals surface area contributed by atoms with Gasteiger partial charge in [-0.15, -0.1) is 0 Å². The molecule has 1 aliphatic rings. The molecule has 0 aliphatic carbocycles. The summed E-state index contributed by atoms with van der Waals surface area (Å²) in [7, 11) is 0. The number of amides is 1. The highest BCUT2D eigenvalue weighted by atomic mass is 16.2. The van der Waals surface area contributed by atoms with Crippen LogP contribution >= 0.6 is 0 Å². The van der Waals surface area contributed by atoms with E-state index >= 15 is 0 Å². The third kappa shape index (κ3) is 3.95. The number of pyridine rings is 1. The number of carbonyl (C=O) groups is 1. The fourth-order valence-corrected chi connectivity index (χ4v) is 3.04. The fraction of sp³-hybridized carbons (Fsp3) is 0.474. The van der Waals surface area contributed by atoms with Crippen LogP contribution in [0.15, 0.2) is 30.6 Å². The molecule has 132 valence electrons. The molecule has 0 saturated carbocycles. The number of rotatable bonds is 4. The topological polar surface area (TPSA) is 71.0 Å². The van der Waals surface area contributed by atoms with Crippen LogP contribution < -0.4 is 5.32 Å². The molecular formula is C19H25N5O. The molecular weight excluding hydrogens is 314 g/mol. The average Bonchev–Trinajstić information content (AvgIpc) is 2.96. The molecule has 1 saturated heterocycles. The smallest absolute Gasteiger partial charge is 0.225 e. The third-order valence-electron chi connectivity index (χ3n) is 4.37. The van der Waals surface area contributed by atoms with E-state index < -0.39 is 0 Å². The van der Waals surface area contributed by atoms with E-state index in [4.69, 9.17) is 0 Å². The van der Waals surface area contributed by atoms with E-state index in [1.807, 2.05) is 23.1 Å². The minimum atomic E-state index is -0.157. The molecule has 0 radical (unpaired) electrons. The van der Waals surface area contributed by atoms with Crippen molar-refractivity contribution in [3.63, 3.8) is 0 Å². The van der Waals surface area contributed by atoms with Crippen molar-refractivity contribution in [3.05, 3.63) is 36.3 Å². The number of aromatic nitrogens is 3. The quantitative estimate of drug-likeness (QED) is 0.927. The number of nitrogens with one attached hydrogen (secondary N) is 1. The molecule has 25 heavy (non-hydrogen) atoms. The van der Waals surface area contributed by atoms with Gasteiger partial charge >= 0.3 is 0 Å². The summed E-state index contributed by atoms with van der Waals surface area (Å²) in [6.45, 7) is 8.96. The van der Waals surface area contributed by atoms with Crippen LogP contribution in [0.25, 0.3) is 11.4 Å². The molecule has 1 aliphatic heterocycles. The number of carbonyl (C=O) groups excluding carboxylic acids is 1. The average molecular weight is 339 g/mol. The molecule has 6 heteroatoms. The maximum absolute atomic E-state index is 12.3. The summed E-state index contributed by atoms with van der Waals surface area (Å²) in [6, 6.07) is 5.84. The second kappa shape index (κ2) is 6.78. The first-order valence-electron chi connectivity index (χ1n) is 8.72. The molecule has 3 heterocycles. The van der Waals surface area contributed by atoms with Crippen molar-refractivity contribution in [1.82, 2.24) is 19.9 Å². The molecule has 1 fully saturated rings. The van der Waals surface area contributed by atoms with E-state index in [1.165, 1.54) is 0 Å². The van der Waals surface area contributed by atoms with Gasteiger partial charge in [-0.2, -0.15) is 0 Å². The summed E-state index contributed by atoms with van der Waals surface area (Å²) in [5.41, 5.74) is 1.75. The highest BCUT2D eigenvalue weighted by Gasteiger charge is 2.36. The maximum Gasteiger partial charge on any atom is 0.225 e. The van der Waals surface area contributed by atoms with Gasteiger partial charge in [0.25, 0.3) is 0 Å². The lowest BCUT2D eigenvalue weighted by molar-refractivity contribution is -0.131. The third-order valence-corrected chi connectivity index (χ3v) is 4.37. The lowest BCUT2D eigenvalue weighted by atomic mass is 10.1. The molecule has 3 rings (SSSR count). The second-order valence-corrected chi connectivity index (χ2v) is 7.38. The molecule has 6 nitrogen and oxygen atoms in total. The van der Waals surface area contributed by atoms with Crippen LogP contribution in [0.3, 0.4) is 0 Å². The zero-order valence-corrected chi connectivity index (χ0v) is 15.3. The minimum absolute atomic E-state index is 0.0663. The van der Waals surface area contributed by atoms with Crippen LogP contribution in [0, 0.1) is 0 Å². The van der Waals surface area contributed by atoms with Gasteiger partial charge < -0.3 is 10.2 Å². The van der Waals surface area contributed by atoms with Gasteiger partial charge in [0.15, 0.2) is 5.82 Å². The predicted octanol–water partition coefficient (Wildman–Crippen LogP) is 2.91. The Labute approximate surface area is 148 Å². The zero-order valence-electron chi connectivity index (χ0n) is 15.3. The Bertz CT molecular complexity index is 754. The number of anilines is 1. The van der Waals surface area contributed by atoms with Gasteiger partial charge in [0.05, 0.1) is 6.04 Å². The van der Waals surface area contributed by atoms with Crippen molar-refractivity contribution in [2.45, 2.75) is 52.1 Å². The summed E-state index contributed by atoms with van der Waals surface area (Å²) < 4.78 is 0. The Kier molecular flexibility index (Phi) is 4.70. The highest BCUT2D eigenvalue weighted by Crippen LogP contribution is 2.25. The van der Waals surface area contributed by atoms with Crippen LogP contribution in [0.5, 0.6) is 0 Å². The van der Waals surface area contributed by atoms with E-state index in [0.717, 1.165) is 23.5 Å². The van der Waals surface area contributed by atoms with Gasteiger partial charge in [0, 0.05) is 48.2 Å². The van der Waals surface area contributed by atoms with E-state index in [1.54, 1.807) is 12.4 Å². The number of hydrogen-bond acceptors (Lipinski definition) is 5. The molecule has 2 aromatic rings. The lowest BCUT2D eigenvalue weighted by Crippen LogP contribution is -2.43. The highest BCUT2D eigenvalue weighted by molar-refractivity contribution is 5.80. The number of nitrogens with zero attached hydrogens (tertiary/aromatic N) is 4. The zero-order chi connectivity index (χ0) is 18.0. The Hall–Kier alpha value is -2.50. The first kappa shape index (κ1) is 17.3. The Morgan fingerprint density at radius 2 is 1.96 bits per heavy atom. The maximum atomic E-state index is 12.3. The second-order valence-electron chi connectivity index (χ2n) is 7.38. The minimum Gasteiger partial charge on any atom is -0.365 e. The molecule has 1 N–H and O–H groups in total. The largest absolute Gasteiger partial charge is 0.365 e. The van der Waals surface area contributed by atoms with Crippen LogP contribution in [0.4, 0.5) is 5.82 Å². The Morgan fingerprint density at radius 3 is 2.56 bits per heavy atom. The van der Waals surface area contributed by atoms with Crippen LogP contribution in [-0.2, 0) is 11.2 Å². The van der Waals surface area contributed by atoms with E-state index in [0.29, 0.717) is 18.8 Å². The molecule has 0 aromatic carbocycles. The molecule has 1 unspecified atom stereocenters. The van der Waals surface area contributed by atoms with E-state index in [-0.39, 0.29) is 17.5 Å². The number of aryl methyl sites for hydroxylation is 1. The molecule has 0 bridgehead atoms. The lowest BCUT2D eigenvalue weighted by Gasteiger charge is -2.32. The van der Waals surface area contributed by atoms with Gasteiger partial charge in [-0.1, -0.05) is 6.92 Å². The summed E-state index contributed by atoms with van der Waals surface area (Å²) >= 11 is 0. The monoisotopic (exact) mass is 339 g/mol. The van der Waals surface area contributed by atoms with E-state index in [9.17, 15) is 4.79 Å². The number of hydrogen-bond donors (Lipinski definition) is 1. The standard InChI is InChI=1S/C19H25N5O/c1-5-14-10-16(23-18(22-14)13-6-8-20-9-7-13)21-15-11-17(25)24(12-15)19(2,3)4/h6-10,15H,5,11-12H2,1-4H3,(H,21,22,23). The summed E-state index contributed by atoms with van der Waals surface area (Å²) in [5, 5.41) is 3.43. The van der Waals surface area contributed by atoms with Crippen molar-refractivity contribution in [2.75, 3.05) is 11.9 Å². The van der Waals surface area contributed by atoms with Crippen molar-refractivity contribution < 1.29 is 4.79 Å². The van der Waals surface area contributed by atoms with Crippen LogP contribution in [-0.4, -0.2) is 43.9 Å². The van der Waals surface area contributed by atoms with Crippen LogP contribution in [0.2, 0.25) is 0 Å². The summed E-state index contributed by atoms with van der Waals surface area (Å²) in [6.07, 6.45) is 4.79. The van der Waals surface area contributed by atoms with Crippen molar-refractivity contribution in [2.24, 2.45) is 0 Å². The van der Waals surface area contributed by atoms with Gasteiger partial charge in [-0.25, -0.2) is 9.97 Å². The van der Waals surface area contributed by atoms with Gasteiger partial charge in [-0.05, 0) is 39.3 Å². The first-order chi connectivity index (χ1) is 11.9. The van der Waals surface area contributed by atoms with Crippen molar-refractivity contribution in [1.29, 1.82) is 0 Å². The molecule has 0 spiro atoms. The fourth-order valence-electron chi connectivity index (χ4n) is 3.04. The predicted molar refractivity (Wildman–Crippen MR) is 98.1 cm³/mol. The molecule has 2 aromatic heterocycles. The molecule has 1 atom stereocenters. The summed E-state index contributed by atoms with van der Waals surface area (Å²) in [4.78, 5) is 27.5. The van der Waals surface area contributed by atoms with Gasteiger partial charge in [0.1, 0.15) is 5.82 Å². The Balaban J connectivity index is 1.82. The summed E-state index contributed by atoms with van der Waals surface area (Å²) in [5.74, 6) is 1.64. The SMILES string of the molecule is CCc1cc(NC2CC(=O)N(C(C)(C)C)C2)nc(-c2ccncc2)n1. The van der Waals surface area contributed by atoms with E-state index in [2.05, 4.69) is 48.0 Å². The van der Waals surface area contributed by atoms with Gasteiger partial charge in [-0.3, -0.25) is 9.78 Å². The van der Waals surface area contributed by atoms with Crippen molar-refractivity contribution in [3.8, 4) is 11.4 Å². The number of likely N-dealkylation sites (tertiary alicyclic amines) is 1. The van der Waals surface area contributed by atoms with Gasteiger partial charge in [0.2, 0.25) is 5.91 Å². The Morgan fingerprint density at radius 1 is 1.24 bits per heavy atom. The van der Waals surface area contributed by atoms with Crippen LogP contribution in [0.1, 0.15) is 39.8 Å². The normalized spacial score (nSPS) is 17.8.